The van der Waals surface area contributed by atoms with Crippen LogP contribution < -0.4 is 5.32 Å². The molecule has 1 aliphatic heterocycles. The molecule has 1 N–H and O–H groups in total. The quantitative estimate of drug-likeness (QED) is 0.730. The molecule has 120 valence electrons. The molecular weight excluding hydrogens is 258 g/mol. The van der Waals surface area contributed by atoms with Crippen LogP contribution in [0.25, 0.3) is 0 Å². The van der Waals surface area contributed by atoms with Crippen molar-refractivity contribution >= 4 is 0 Å². The molecule has 0 radical (unpaired) electrons. The summed E-state index contributed by atoms with van der Waals surface area (Å²) >= 11 is 0. The summed E-state index contributed by atoms with van der Waals surface area (Å²) in [4.78, 5) is 0. The van der Waals surface area contributed by atoms with E-state index in [0.717, 1.165) is 42.2 Å². The predicted octanol–water partition coefficient (Wildman–Crippen LogP) is 4.00. The first-order valence-electron chi connectivity index (χ1n) is 9.73. The number of nitrogens with one attached hydrogen (secondary N) is 1. The molecule has 6 atom stereocenters. The molecule has 4 rings (SSSR count). The average Bonchev–Trinajstić information content (AvgIpc) is 2.93. The van der Waals surface area contributed by atoms with Gasteiger partial charge < -0.3 is 10.1 Å². The molecule has 4 aliphatic rings. The first-order chi connectivity index (χ1) is 10.4. The smallest absolute Gasteiger partial charge is 0.0576 e. The normalized spacial score (nSPS) is 45.0. The minimum atomic E-state index is 0.590. The third kappa shape index (κ3) is 2.79. The second-order valence-electron chi connectivity index (χ2n) is 8.19. The van der Waals surface area contributed by atoms with Crippen molar-refractivity contribution in [2.45, 2.75) is 76.9 Å². The Balaban J connectivity index is 1.28. The van der Waals surface area contributed by atoms with Crippen LogP contribution in [0.2, 0.25) is 0 Å². The lowest BCUT2D eigenvalue weighted by Crippen LogP contribution is -2.34. The topological polar surface area (TPSA) is 21.3 Å². The third-order valence-corrected chi connectivity index (χ3v) is 6.98. The maximum atomic E-state index is 5.79. The van der Waals surface area contributed by atoms with Gasteiger partial charge >= 0.3 is 0 Å². The molecule has 0 spiro atoms. The second-order valence-corrected chi connectivity index (χ2v) is 8.19. The van der Waals surface area contributed by atoms with Crippen molar-refractivity contribution in [1.82, 2.24) is 5.32 Å². The fourth-order valence-corrected chi connectivity index (χ4v) is 6.13. The van der Waals surface area contributed by atoms with Crippen LogP contribution in [-0.4, -0.2) is 25.3 Å². The molecule has 3 saturated carbocycles. The number of ether oxygens (including phenoxy) is 1. The van der Waals surface area contributed by atoms with Gasteiger partial charge in [-0.05, 0) is 93.9 Å². The molecule has 21 heavy (non-hydrogen) atoms. The lowest BCUT2D eigenvalue weighted by atomic mass is 9.93. The zero-order valence-electron chi connectivity index (χ0n) is 13.7. The van der Waals surface area contributed by atoms with Crippen molar-refractivity contribution in [3.05, 3.63) is 0 Å². The highest BCUT2D eigenvalue weighted by molar-refractivity contribution is 5.15. The molecule has 3 aliphatic carbocycles. The Hall–Kier alpha value is -0.0800. The van der Waals surface area contributed by atoms with Crippen molar-refractivity contribution < 1.29 is 4.74 Å². The molecular formula is C19H33NO. The van der Waals surface area contributed by atoms with Gasteiger partial charge in [0.2, 0.25) is 0 Å². The van der Waals surface area contributed by atoms with Crippen LogP contribution in [-0.2, 0) is 4.74 Å². The molecule has 2 heteroatoms. The van der Waals surface area contributed by atoms with E-state index in [4.69, 9.17) is 4.74 Å². The van der Waals surface area contributed by atoms with E-state index in [1.165, 1.54) is 45.1 Å². The molecule has 6 unspecified atom stereocenters. The van der Waals surface area contributed by atoms with E-state index in [0.29, 0.717) is 6.10 Å². The molecule has 0 aromatic carbocycles. The highest BCUT2D eigenvalue weighted by Gasteiger charge is 2.66. The molecule has 1 saturated heterocycles. The minimum absolute atomic E-state index is 0.590. The van der Waals surface area contributed by atoms with Gasteiger partial charge in [0.1, 0.15) is 0 Å². The third-order valence-electron chi connectivity index (χ3n) is 6.98. The number of hydrogen-bond acceptors (Lipinski definition) is 2. The van der Waals surface area contributed by atoms with Crippen molar-refractivity contribution in [3.8, 4) is 0 Å². The summed E-state index contributed by atoms with van der Waals surface area (Å²) in [5.74, 6) is 5.54. The average molecular weight is 291 g/mol. The number of hydrogen-bond donors (Lipinski definition) is 1. The Morgan fingerprint density at radius 2 is 1.95 bits per heavy atom. The molecule has 2 nitrogen and oxygen atoms in total. The highest BCUT2D eigenvalue weighted by atomic mass is 16.5. The van der Waals surface area contributed by atoms with Crippen LogP contribution in [0.1, 0.15) is 64.7 Å². The van der Waals surface area contributed by atoms with Gasteiger partial charge in [-0.3, -0.25) is 0 Å². The first-order valence-corrected chi connectivity index (χ1v) is 9.73. The Labute approximate surface area is 130 Å². The van der Waals surface area contributed by atoms with Crippen molar-refractivity contribution in [1.29, 1.82) is 0 Å². The summed E-state index contributed by atoms with van der Waals surface area (Å²) in [5, 5.41) is 3.91. The summed E-state index contributed by atoms with van der Waals surface area (Å²) in [5.41, 5.74) is 0. The Kier molecular flexibility index (Phi) is 4.28. The van der Waals surface area contributed by atoms with Crippen LogP contribution in [0.3, 0.4) is 0 Å². The Morgan fingerprint density at radius 3 is 2.62 bits per heavy atom. The van der Waals surface area contributed by atoms with Crippen molar-refractivity contribution in [2.24, 2.45) is 29.6 Å². The highest BCUT2D eigenvalue weighted by Crippen LogP contribution is 2.70. The molecule has 0 aromatic heterocycles. The van der Waals surface area contributed by atoms with Gasteiger partial charge in [-0.25, -0.2) is 0 Å². The van der Waals surface area contributed by atoms with E-state index in [1.54, 1.807) is 19.3 Å². The number of fused-ring (bicyclic) bond motifs is 5. The Bertz CT molecular complexity index is 335. The van der Waals surface area contributed by atoms with E-state index in [9.17, 15) is 0 Å². The second kappa shape index (κ2) is 6.20. The van der Waals surface area contributed by atoms with Crippen LogP contribution in [0.4, 0.5) is 0 Å². The van der Waals surface area contributed by atoms with Crippen LogP contribution in [0, 0.1) is 29.6 Å². The zero-order chi connectivity index (χ0) is 14.2. The largest absolute Gasteiger partial charge is 0.378 e. The summed E-state index contributed by atoms with van der Waals surface area (Å²) < 4.78 is 5.79. The maximum Gasteiger partial charge on any atom is 0.0576 e. The number of rotatable bonds is 8. The van der Waals surface area contributed by atoms with Gasteiger partial charge in [-0.15, -0.1) is 0 Å². The SMILES string of the molecule is CCCNC(CCCC1CCCO1)C1C2C3CCC(C3)C21. The van der Waals surface area contributed by atoms with Crippen molar-refractivity contribution in [2.75, 3.05) is 13.2 Å². The van der Waals surface area contributed by atoms with Gasteiger partial charge in [0.25, 0.3) is 0 Å². The minimum Gasteiger partial charge on any atom is -0.378 e. The van der Waals surface area contributed by atoms with Crippen LogP contribution in [0.15, 0.2) is 0 Å². The first kappa shape index (κ1) is 14.5. The van der Waals surface area contributed by atoms with E-state index >= 15 is 0 Å². The fourth-order valence-electron chi connectivity index (χ4n) is 6.13. The molecule has 2 bridgehead atoms. The Morgan fingerprint density at radius 1 is 1.14 bits per heavy atom. The van der Waals surface area contributed by atoms with Crippen LogP contribution >= 0.6 is 0 Å². The lowest BCUT2D eigenvalue weighted by molar-refractivity contribution is 0.101. The summed E-state index contributed by atoms with van der Waals surface area (Å²) in [6.07, 6.45) is 13.2. The van der Waals surface area contributed by atoms with Gasteiger partial charge in [-0.2, -0.15) is 0 Å². The van der Waals surface area contributed by atoms with Gasteiger partial charge in [0.15, 0.2) is 0 Å². The molecule has 0 amide bonds. The van der Waals surface area contributed by atoms with Gasteiger partial charge in [0, 0.05) is 12.6 Å². The zero-order valence-corrected chi connectivity index (χ0v) is 13.7. The molecule has 0 aromatic rings. The van der Waals surface area contributed by atoms with E-state index < -0.39 is 0 Å². The summed E-state index contributed by atoms with van der Waals surface area (Å²) in [7, 11) is 0. The van der Waals surface area contributed by atoms with Crippen LogP contribution in [0.5, 0.6) is 0 Å². The lowest BCUT2D eigenvalue weighted by Gasteiger charge is -2.22. The van der Waals surface area contributed by atoms with E-state index in [-0.39, 0.29) is 0 Å². The van der Waals surface area contributed by atoms with Crippen molar-refractivity contribution in [3.63, 3.8) is 0 Å². The fraction of sp³-hybridized carbons (Fsp3) is 1.00. The summed E-state index contributed by atoms with van der Waals surface area (Å²) in [6, 6.07) is 0.824. The summed E-state index contributed by atoms with van der Waals surface area (Å²) in [6.45, 7) is 4.53. The standard InChI is InChI=1S/C19H33NO/c1-2-10-20-16(7-3-5-15-6-4-11-21-15)19-17-13-8-9-14(12-13)18(17)19/h13-20H,2-12H2,1H3. The molecule has 4 fully saturated rings. The van der Waals surface area contributed by atoms with Gasteiger partial charge in [-0.1, -0.05) is 6.92 Å². The van der Waals surface area contributed by atoms with Gasteiger partial charge in [0.05, 0.1) is 6.10 Å². The maximum absolute atomic E-state index is 5.79. The van der Waals surface area contributed by atoms with E-state index in [2.05, 4.69) is 12.2 Å². The van der Waals surface area contributed by atoms with E-state index in [1.807, 2.05) is 0 Å². The monoisotopic (exact) mass is 291 g/mol. The molecule has 1 heterocycles. The predicted molar refractivity (Wildman–Crippen MR) is 86.2 cm³/mol.